The molecular weight excluding hydrogens is 330 g/mol. The molecular formula is C20H25N3O3. The Labute approximate surface area is 153 Å². The van der Waals surface area contributed by atoms with Gasteiger partial charge in [0.15, 0.2) is 0 Å². The molecule has 6 heteroatoms. The third-order valence-corrected chi connectivity index (χ3v) is 4.99. The maximum absolute atomic E-state index is 13.0. The van der Waals surface area contributed by atoms with Gasteiger partial charge < -0.3 is 15.1 Å². The molecule has 0 saturated carbocycles. The van der Waals surface area contributed by atoms with Gasteiger partial charge in [-0.2, -0.15) is 0 Å². The summed E-state index contributed by atoms with van der Waals surface area (Å²) in [6.45, 7) is 1.86. The van der Waals surface area contributed by atoms with Gasteiger partial charge in [0.2, 0.25) is 17.7 Å². The highest BCUT2D eigenvalue weighted by molar-refractivity contribution is 6.05. The maximum atomic E-state index is 13.0. The number of nitrogens with zero attached hydrogens (tertiary/aromatic N) is 2. The lowest BCUT2D eigenvalue weighted by atomic mass is 9.93. The Morgan fingerprint density at radius 2 is 2.04 bits per heavy atom. The number of likely N-dealkylation sites (N-methyl/N-ethyl adjacent to an activating group) is 1. The first-order valence-electron chi connectivity index (χ1n) is 9.08. The smallest absolute Gasteiger partial charge is 0.246 e. The maximum Gasteiger partial charge on any atom is 0.246 e. The quantitative estimate of drug-likeness (QED) is 0.847. The van der Waals surface area contributed by atoms with E-state index in [2.05, 4.69) is 11.4 Å². The summed E-state index contributed by atoms with van der Waals surface area (Å²) in [5, 5.41) is 2.84. The number of hydrogen-bond donors (Lipinski definition) is 1. The lowest BCUT2D eigenvalue weighted by Crippen LogP contribution is -2.46. The van der Waals surface area contributed by atoms with Crippen molar-refractivity contribution in [3.8, 4) is 0 Å². The van der Waals surface area contributed by atoms with Crippen LogP contribution in [-0.4, -0.2) is 42.3 Å². The van der Waals surface area contributed by atoms with Crippen molar-refractivity contribution in [2.24, 2.45) is 5.92 Å². The third kappa shape index (κ3) is 3.79. The molecule has 0 bridgehead atoms. The van der Waals surface area contributed by atoms with E-state index < -0.39 is 0 Å². The van der Waals surface area contributed by atoms with Gasteiger partial charge in [-0.1, -0.05) is 24.3 Å². The predicted molar refractivity (Wildman–Crippen MR) is 101 cm³/mol. The Hall–Kier alpha value is -2.63. The SMILES string of the molecule is C[C@@H]1CC(=O)Nc2ccccc2N1C(=O)CN(C)C(=O)[C@H]1CC=CCC1. The molecule has 3 rings (SSSR count). The number of nitrogens with one attached hydrogen (secondary N) is 1. The van der Waals surface area contributed by atoms with E-state index in [1.54, 1.807) is 18.0 Å². The lowest BCUT2D eigenvalue weighted by molar-refractivity contribution is -0.137. The third-order valence-electron chi connectivity index (χ3n) is 4.99. The number of anilines is 2. The van der Waals surface area contributed by atoms with Crippen molar-refractivity contribution in [1.29, 1.82) is 0 Å². The average molecular weight is 355 g/mol. The van der Waals surface area contributed by atoms with Crippen LogP contribution in [0.15, 0.2) is 36.4 Å². The number of fused-ring (bicyclic) bond motifs is 1. The topological polar surface area (TPSA) is 69.7 Å². The van der Waals surface area contributed by atoms with Crippen LogP contribution in [0.2, 0.25) is 0 Å². The van der Waals surface area contributed by atoms with Gasteiger partial charge in [-0.3, -0.25) is 14.4 Å². The van der Waals surface area contributed by atoms with Crippen LogP contribution in [0.5, 0.6) is 0 Å². The van der Waals surface area contributed by atoms with Gasteiger partial charge in [-0.15, -0.1) is 0 Å². The number of para-hydroxylation sites is 2. The van der Waals surface area contributed by atoms with E-state index in [4.69, 9.17) is 0 Å². The van der Waals surface area contributed by atoms with E-state index in [0.717, 1.165) is 19.3 Å². The summed E-state index contributed by atoms with van der Waals surface area (Å²) >= 11 is 0. The van der Waals surface area contributed by atoms with E-state index in [-0.39, 0.29) is 42.6 Å². The second-order valence-electron chi connectivity index (χ2n) is 7.06. The number of amides is 3. The van der Waals surface area contributed by atoms with Gasteiger partial charge in [0.05, 0.1) is 17.9 Å². The average Bonchev–Trinajstić information content (AvgIpc) is 2.75. The van der Waals surface area contributed by atoms with Crippen LogP contribution in [0, 0.1) is 5.92 Å². The second-order valence-corrected chi connectivity index (χ2v) is 7.06. The van der Waals surface area contributed by atoms with Crippen LogP contribution in [0.25, 0.3) is 0 Å². The van der Waals surface area contributed by atoms with Crippen molar-refractivity contribution in [2.75, 3.05) is 23.8 Å². The molecule has 0 radical (unpaired) electrons. The summed E-state index contributed by atoms with van der Waals surface area (Å²) in [7, 11) is 1.68. The first-order chi connectivity index (χ1) is 12.5. The zero-order chi connectivity index (χ0) is 18.7. The summed E-state index contributed by atoms with van der Waals surface area (Å²) in [6.07, 6.45) is 6.82. The van der Waals surface area contributed by atoms with Crippen molar-refractivity contribution in [2.45, 2.75) is 38.6 Å². The number of benzene rings is 1. The molecule has 2 aliphatic rings. The van der Waals surface area contributed by atoms with Crippen molar-refractivity contribution < 1.29 is 14.4 Å². The van der Waals surface area contributed by atoms with Gasteiger partial charge in [0.1, 0.15) is 0 Å². The molecule has 0 aromatic heterocycles. The molecule has 0 fully saturated rings. The van der Waals surface area contributed by atoms with Crippen molar-refractivity contribution in [3.63, 3.8) is 0 Å². The highest BCUT2D eigenvalue weighted by Gasteiger charge is 2.31. The number of allylic oxidation sites excluding steroid dienone is 2. The molecule has 26 heavy (non-hydrogen) atoms. The standard InChI is InChI=1S/C20H25N3O3/c1-14-12-18(24)21-16-10-6-7-11-17(16)23(14)19(25)13-22(2)20(26)15-8-4-3-5-9-15/h3-4,6-7,10-11,14-15H,5,8-9,12-13H2,1-2H3,(H,21,24)/t14-,15+/m1/s1. The number of rotatable bonds is 3. The minimum atomic E-state index is -0.271. The van der Waals surface area contributed by atoms with Gasteiger partial charge in [0.25, 0.3) is 0 Å². The monoisotopic (exact) mass is 355 g/mol. The predicted octanol–water partition coefficient (Wildman–Crippen LogP) is 2.57. The van der Waals surface area contributed by atoms with Gasteiger partial charge in [0, 0.05) is 25.4 Å². The van der Waals surface area contributed by atoms with Gasteiger partial charge >= 0.3 is 0 Å². The summed E-state index contributed by atoms with van der Waals surface area (Å²) in [4.78, 5) is 40.8. The number of hydrogen-bond acceptors (Lipinski definition) is 3. The van der Waals surface area contributed by atoms with Crippen molar-refractivity contribution in [1.82, 2.24) is 4.90 Å². The van der Waals surface area contributed by atoms with Crippen LogP contribution in [-0.2, 0) is 14.4 Å². The van der Waals surface area contributed by atoms with Crippen LogP contribution >= 0.6 is 0 Å². The summed E-state index contributed by atoms with van der Waals surface area (Å²) < 4.78 is 0. The molecule has 138 valence electrons. The summed E-state index contributed by atoms with van der Waals surface area (Å²) in [5.74, 6) is -0.329. The second kappa shape index (κ2) is 7.72. The van der Waals surface area contributed by atoms with Crippen LogP contribution in [0.4, 0.5) is 11.4 Å². The Morgan fingerprint density at radius 3 is 2.77 bits per heavy atom. The molecule has 1 aliphatic heterocycles. The minimum absolute atomic E-state index is 0.00587. The molecule has 0 saturated heterocycles. The van der Waals surface area contributed by atoms with E-state index in [1.165, 1.54) is 4.90 Å². The zero-order valence-electron chi connectivity index (χ0n) is 15.3. The molecule has 1 aromatic carbocycles. The Morgan fingerprint density at radius 1 is 1.27 bits per heavy atom. The largest absolute Gasteiger partial charge is 0.336 e. The number of carbonyl (C=O) groups is 3. The summed E-state index contributed by atoms with van der Waals surface area (Å²) in [6, 6.07) is 7.00. The van der Waals surface area contributed by atoms with E-state index in [0.29, 0.717) is 11.4 Å². The molecule has 6 nitrogen and oxygen atoms in total. The van der Waals surface area contributed by atoms with E-state index >= 15 is 0 Å². The van der Waals surface area contributed by atoms with E-state index in [1.807, 2.05) is 31.2 Å². The number of carbonyl (C=O) groups excluding carboxylic acids is 3. The minimum Gasteiger partial charge on any atom is -0.336 e. The van der Waals surface area contributed by atoms with Crippen molar-refractivity contribution >= 4 is 29.1 Å². The Balaban J connectivity index is 1.76. The van der Waals surface area contributed by atoms with Gasteiger partial charge in [-0.05, 0) is 38.3 Å². The Kier molecular flexibility index (Phi) is 5.40. The first kappa shape index (κ1) is 18.2. The fraction of sp³-hybridized carbons (Fsp3) is 0.450. The van der Waals surface area contributed by atoms with Crippen LogP contribution in [0.1, 0.15) is 32.6 Å². The molecule has 2 atom stereocenters. The lowest BCUT2D eigenvalue weighted by Gasteiger charge is -2.31. The fourth-order valence-corrected chi connectivity index (χ4v) is 3.65. The molecule has 3 amide bonds. The molecule has 1 aliphatic carbocycles. The highest BCUT2D eigenvalue weighted by Crippen LogP contribution is 2.31. The first-order valence-corrected chi connectivity index (χ1v) is 9.08. The van der Waals surface area contributed by atoms with Crippen molar-refractivity contribution in [3.05, 3.63) is 36.4 Å². The normalized spacial score (nSPS) is 22.2. The van der Waals surface area contributed by atoms with Crippen LogP contribution in [0.3, 0.4) is 0 Å². The molecule has 0 unspecified atom stereocenters. The van der Waals surface area contributed by atoms with Gasteiger partial charge in [-0.25, -0.2) is 0 Å². The molecule has 0 spiro atoms. The van der Waals surface area contributed by atoms with Crippen LogP contribution < -0.4 is 10.2 Å². The fourth-order valence-electron chi connectivity index (χ4n) is 3.65. The highest BCUT2D eigenvalue weighted by atomic mass is 16.2. The Bertz CT molecular complexity index is 744. The molecule has 1 heterocycles. The zero-order valence-corrected chi connectivity index (χ0v) is 15.3. The molecule has 1 aromatic rings. The summed E-state index contributed by atoms with van der Waals surface area (Å²) in [5.41, 5.74) is 1.30. The van der Waals surface area contributed by atoms with E-state index in [9.17, 15) is 14.4 Å². The molecule has 1 N–H and O–H groups in total.